The Morgan fingerprint density at radius 1 is 1.10 bits per heavy atom. The maximum Gasteiger partial charge on any atom is 0.203 e. The molecule has 1 aliphatic heterocycles. The van der Waals surface area contributed by atoms with Gasteiger partial charge in [-0.15, -0.1) is 0 Å². The molecular formula is C15H23NO4. The summed E-state index contributed by atoms with van der Waals surface area (Å²) in [6.07, 6.45) is -0.0348. The Bertz CT molecular complexity index is 448. The van der Waals surface area contributed by atoms with Gasteiger partial charge in [-0.05, 0) is 31.5 Å². The van der Waals surface area contributed by atoms with E-state index in [-0.39, 0.29) is 11.7 Å². The number of hydrogen-bond donors (Lipinski definition) is 1. The number of methoxy groups -OCH3 is 3. The molecule has 0 saturated carbocycles. The van der Waals surface area contributed by atoms with Crippen LogP contribution in [0.3, 0.4) is 0 Å². The number of rotatable bonds is 4. The third-order valence-electron chi connectivity index (χ3n) is 3.40. The van der Waals surface area contributed by atoms with Gasteiger partial charge in [0.2, 0.25) is 5.75 Å². The Labute approximate surface area is 120 Å². The lowest BCUT2D eigenvalue weighted by Crippen LogP contribution is -2.46. The fourth-order valence-electron chi connectivity index (χ4n) is 2.45. The van der Waals surface area contributed by atoms with E-state index in [1.807, 2.05) is 12.1 Å². The lowest BCUT2D eigenvalue weighted by molar-refractivity contribution is -0.0959. The largest absolute Gasteiger partial charge is 0.493 e. The summed E-state index contributed by atoms with van der Waals surface area (Å²) in [5, 5.41) is 3.39. The van der Waals surface area contributed by atoms with Gasteiger partial charge >= 0.3 is 0 Å². The average Bonchev–Trinajstić information content (AvgIpc) is 2.44. The fourth-order valence-corrected chi connectivity index (χ4v) is 2.45. The number of nitrogens with one attached hydrogen (secondary N) is 1. The summed E-state index contributed by atoms with van der Waals surface area (Å²) in [6, 6.07) is 3.88. The van der Waals surface area contributed by atoms with Gasteiger partial charge in [0.25, 0.3) is 0 Å². The first-order valence-corrected chi connectivity index (χ1v) is 6.69. The van der Waals surface area contributed by atoms with Crippen LogP contribution in [0.4, 0.5) is 0 Å². The molecular weight excluding hydrogens is 258 g/mol. The highest BCUT2D eigenvalue weighted by Gasteiger charge is 2.30. The van der Waals surface area contributed by atoms with Gasteiger partial charge in [-0.3, -0.25) is 0 Å². The summed E-state index contributed by atoms with van der Waals surface area (Å²) in [5.74, 6) is 1.89. The second-order valence-corrected chi connectivity index (χ2v) is 5.46. The van der Waals surface area contributed by atoms with Crippen LogP contribution in [0.15, 0.2) is 12.1 Å². The molecule has 0 aliphatic carbocycles. The van der Waals surface area contributed by atoms with Gasteiger partial charge in [0, 0.05) is 13.1 Å². The van der Waals surface area contributed by atoms with Crippen molar-refractivity contribution >= 4 is 0 Å². The number of ether oxygens (including phenoxy) is 4. The zero-order valence-corrected chi connectivity index (χ0v) is 12.8. The molecule has 20 heavy (non-hydrogen) atoms. The smallest absolute Gasteiger partial charge is 0.203 e. The van der Waals surface area contributed by atoms with E-state index in [1.165, 1.54) is 0 Å². The van der Waals surface area contributed by atoms with Crippen molar-refractivity contribution in [3.8, 4) is 17.2 Å². The second kappa shape index (κ2) is 5.89. The van der Waals surface area contributed by atoms with Gasteiger partial charge < -0.3 is 24.3 Å². The normalized spacial score (nSPS) is 21.4. The fraction of sp³-hybridized carbons (Fsp3) is 0.600. The minimum absolute atomic E-state index is 0.0348. The van der Waals surface area contributed by atoms with Gasteiger partial charge in [-0.25, -0.2) is 0 Å². The molecule has 5 heteroatoms. The van der Waals surface area contributed by atoms with E-state index in [9.17, 15) is 0 Å². The van der Waals surface area contributed by atoms with E-state index in [0.717, 1.165) is 18.7 Å². The molecule has 0 amide bonds. The lowest BCUT2D eigenvalue weighted by Gasteiger charge is -2.37. The van der Waals surface area contributed by atoms with Crippen molar-refractivity contribution in [2.45, 2.75) is 25.6 Å². The van der Waals surface area contributed by atoms with Crippen LogP contribution in [-0.2, 0) is 4.74 Å². The molecule has 1 heterocycles. The van der Waals surface area contributed by atoms with Crippen LogP contribution < -0.4 is 19.5 Å². The van der Waals surface area contributed by atoms with E-state index >= 15 is 0 Å². The molecule has 1 atom stereocenters. The molecule has 1 fully saturated rings. The van der Waals surface area contributed by atoms with Crippen LogP contribution in [0.5, 0.6) is 17.2 Å². The second-order valence-electron chi connectivity index (χ2n) is 5.46. The van der Waals surface area contributed by atoms with Gasteiger partial charge in [0.1, 0.15) is 0 Å². The van der Waals surface area contributed by atoms with Crippen molar-refractivity contribution in [3.63, 3.8) is 0 Å². The zero-order chi connectivity index (χ0) is 14.8. The average molecular weight is 281 g/mol. The van der Waals surface area contributed by atoms with Crippen molar-refractivity contribution in [1.82, 2.24) is 5.32 Å². The first kappa shape index (κ1) is 14.9. The van der Waals surface area contributed by atoms with E-state index < -0.39 is 0 Å². The summed E-state index contributed by atoms with van der Waals surface area (Å²) in [7, 11) is 4.83. The lowest BCUT2D eigenvalue weighted by atomic mass is 10.0. The maximum atomic E-state index is 6.12. The molecule has 0 radical (unpaired) electrons. The van der Waals surface area contributed by atoms with Crippen molar-refractivity contribution in [2.75, 3.05) is 34.4 Å². The van der Waals surface area contributed by atoms with E-state index in [2.05, 4.69) is 19.2 Å². The van der Waals surface area contributed by atoms with Crippen LogP contribution in [0.1, 0.15) is 25.5 Å². The van der Waals surface area contributed by atoms with Crippen LogP contribution >= 0.6 is 0 Å². The molecule has 5 nitrogen and oxygen atoms in total. The van der Waals surface area contributed by atoms with Crippen LogP contribution in [0.2, 0.25) is 0 Å². The first-order valence-electron chi connectivity index (χ1n) is 6.69. The Hall–Kier alpha value is -1.46. The Balaban J connectivity index is 2.36. The van der Waals surface area contributed by atoms with Crippen LogP contribution in [0.25, 0.3) is 0 Å². The van der Waals surface area contributed by atoms with Gasteiger partial charge in [-0.2, -0.15) is 0 Å². The SMILES string of the molecule is COc1cc(C2CNCC(C)(C)O2)cc(OC)c1OC. The van der Waals surface area contributed by atoms with Crippen molar-refractivity contribution in [1.29, 1.82) is 0 Å². The zero-order valence-electron chi connectivity index (χ0n) is 12.8. The molecule has 1 saturated heterocycles. The Kier molecular flexibility index (Phi) is 4.40. The van der Waals surface area contributed by atoms with Gasteiger partial charge in [-0.1, -0.05) is 0 Å². The number of benzene rings is 1. The molecule has 0 bridgehead atoms. The molecule has 1 aliphatic rings. The van der Waals surface area contributed by atoms with Crippen LogP contribution in [0, 0.1) is 0 Å². The summed E-state index contributed by atoms with van der Waals surface area (Å²) < 4.78 is 22.2. The summed E-state index contributed by atoms with van der Waals surface area (Å²) in [6.45, 7) is 5.75. The quantitative estimate of drug-likeness (QED) is 0.916. The topological polar surface area (TPSA) is 49.0 Å². The number of morpholine rings is 1. The standard InChI is InChI=1S/C15H23NO4/c1-15(2)9-16-8-13(20-15)10-6-11(17-3)14(19-5)12(7-10)18-4/h6-7,13,16H,8-9H2,1-5H3. The van der Waals surface area contributed by atoms with Crippen LogP contribution in [-0.4, -0.2) is 40.0 Å². The Morgan fingerprint density at radius 3 is 2.15 bits per heavy atom. The van der Waals surface area contributed by atoms with Crippen molar-refractivity contribution in [3.05, 3.63) is 17.7 Å². The van der Waals surface area contributed by atoms with E-state index in [4.69, 9.17) is 18.9 Å². The van der Waals surface area contributed by atoms with E-state index in [0.29, 0.717) is 17.2 Å². The monoisotopic (exact) mass is 281 g/mol. The number of hydrogen-bond acceptors (Lipinski definition) is 5. The summed E-state index contributed by atoms with van der Waals surface area (Å²) in [4.78, 5) is 0. The highest BCUT2D eigenvalue weighted by atomic mass is 16.5. The third-order valence-corrected chi connectivity index (χ3v) is 3.40. The molecule has 2 rings (SSSR count). The summed E-state index contributed by atoms with van der Waals surface area (Å²) >= 11 is 0. The highest BCUT2D eigenvalue weighted by molar-refractivity contribution is 5.54. The first-order chi connectivity index (χ1) is 9.50. The van der Waals surface area contributed by atoms with E-state index in [1.54, 1.807) is 21.3 Å². The molecule has 112 valence electrons. The molecule has 1 aromatic carbocycles. The summed E-state index contributed by atoms with van der Waals surface area (Å²) in [5.41, 5.74) is 0.823. The predicted octanol–water partition coefficient (Wildman–Crippen LogP) is 2.15. The van der Waals surface area contributed by atoms with Gasteiger partial charge in [0.05, 0.1) is 33.0 Å². The minimum Gasteiger partial charge on any atom is -0.493 e. The van der Waals surface area contributed by atoms with Gasteiger partial charge in [0.15, 0.2) is 11.5 Å². The molecule has 0 spiro atoms. The predicted molar refractivity (Wildman–Crippen MR) is 76.9 cm³/mol. The maximum absolute atomic E-state index is 6.12. The molecule has 1 aromatic rings. The van der Waals surface area contributed by atoms with Crippen molar-refractivity contribution < 1.29 is 18.9 Å². The van der Waals surface area contributed by atoms with Crippen molar-refractivity contribution in [2.24, 2.45) is 0 Å². The third kappa shape index (κ3) is 2.99. The highest BCUT2D eigenvalue weighted by Crippen LogP contribution is 2.41. The Morgan fingerprint density at radius 2 is 1.70 bits per heavy atom. The molecule has 1 unspecified atom stereocenters. The molecule has 1 N–H and O–H groups in total. The molecule has 0 aromatic heterocycles. The minimum atomic E-state index is -0.191.